The number of hydrogen-bond donors (Lipinski definition) is 2. The molecule has 0 amide bonds. The Balaban J connectivity index is 1.53. The lowest BCUT2D eigenvalue weighted by molar-refractivity contribution is -0.131. The fraction of sp³-hybridized carbons (Fsp3) is 0.214. The van der Waals surface area contributed by atoms with Crippen LogP contribution in [0.2, 0.25) is 0 Å². The van der Waals surface area contributed by atoms with Gasteiger partial charge in [0.25, 0.3) is 0 Å². The van der Waals surface area contributed by atoms with Crippen molar-refractivity contribution in [2.45, 2.75) is 31.7 Å². The van der Waals surface area contributed by atoms with E-state index >= 15 is 0 Å². The Morgan fingerprint density at radius 1 is 0.853 bits per heavy atom. The lowest BCUT2D eigenvalue weighted by atomic mass is 9.78. The minimum atomic E-state index is -0.365. The van der Waals surface area contributed by atoms with Crippen molar-refractivity contribution in [3.05, 3.63) is 95.2 Å². The number of para-hydroxylation sites is 2. The Bertz CT molecular complexity index is 1260. The molecule has 3 aromatic carbocycles. The van der Waals surface area contributed by atoms with Crippen LogP contribution in [0.4, 0.5) is 11.4 Å². The molecule has 6 nitrogen and oxygen atoms in total. The third-order valence-corrected chi connectivity index (χ3v) is 6.37. The molecule has 34 heavy (non-hydrogen) atoms. The molecule has 1 aliphatic carbocycles. The lowest BCUT2D eigenvalue weighted by Crippen LogP contribution is -2.26. The summed E-state index contributed by atoms with van der Waals surface area (Å²) in [6, 6.07) is 22.9. The molecule has 6 heteroatoms. The highest BCUT2D eigenvalue weighted by molar-refractivity contribution is 6.01. The van der Waals surface area contributed by atoms with Gasteiger partial charge in [-0.2, -0.15) is 0 Å². The average molecular weight is 455 g/mol. The topological polar surface area (TPSA) is 76.7 Å². The van der Waals surface area contributed by atoms with Crippen LogP contribution in [0.1, 0.15) is 42.9 Å². The highest BCUT2D eigenvalue weighted by Crippen LogP contribution is 2.44. The molecule has 5 rings (SSSR count). The van der Waals surface area contributed by atoms with Crippen molar-refractivity contribution < 1.29 is 19.1 Å². The second kappa shape index (κ2) is 9.06. The lowest BCUT2D eigenvalue weighted by Gasteiger charge is -2.30. The van der Waals surface area contributed by atoms with Gasteiger partial charge in [0, 0.05) is 24.6 Å². The fourth-order valence-electron chi connectivity index (χ4n) is 4.75. The Kier molecular flexibility index (Phi) is 5.80. The first-order valence-corrected chi connectivity index (χ1v) is 11.3. The Labute approximate surface area is 198 Å². The van der Waals surface area contributed by atoms with Gasteiger partial charge in [0.1, 0.15) is 11.5 Å². The summed E-state index contributed by atoms with van der Waals surface area (Å²) in [6.07, 6.45) is 1.17. The molecule has 0 spiro atoms. The first-order valence-electron chi connectivity index (χ1n) is 11.3. The van der Waals surface area contributed by atoms with Crippen molar-refractivity contribution in [2.75, 3.05) is 17.7 Å². The second-order valence-electron chi connectivity index (χ2n) is 8.60. The summed E-state index contributed by atoms with van der Waals surface area (Å²) in [5.74, 6) is 1.11. The average Bonchev–Trinajstić information content (AvgIpc) is 3.01. The molecule has 172 valence electrons. The predicted molar refractivity (Wildman–Crippen MR) is 131 cm³/mol. The van der Waals surface area contributed by atoms with E-state index in [0.717, 1.165) is 45.9 Å². The normalized spacial score (nSPS) is 19.2. The van der Waals surface area contributed by atoms with Crippen LogP contribution in [-0.4, -0.2) is 18.9 Å². The first kappa shape index (κ1) is 21.8. The quantitative estimate of drug-likeness (QED) is 0.395. The highest BCUT2D eigenvalue weighted by Gasteiger charge is 2.36. The zero-order valence-corrected chi connectivity index (χ0v) is 19.1. The summed E-state index contributed by atoms with van der Waals surface area (Å²) >= 11 is 0. The minimum Gasteiger partial charge on any atom is -0.497 e. The monoisotopic (exact) mass is 454 g/mol. The third kappa shape index (κ3) is 4.27. The van der Waals surface area contributed by atoms with Crippen LogP contribution >= 0.6 is 0 Å². The molecule has 2 aliphatic rings. The summed E-state index contributed by atoms with van der Waals surface area (Å²) in [7, 11) is 1.65. The van der Waals surface area contributed by atoms with Gasteiger partial charge in [-0.05, 0) is 59.9 Å². The van der Waals surface area contributed by atoms with E-state index in [-0.39, 0.29) is 23.7 Å². The number of methoxy groups -OCH3 is 1. The summed E-state index contributed by atoms with van der Waals surface area (Å²) < 4.78 is 10.5. The Morgan fingerprint density at radius 3 is 2.18 bits per heavy atom. The number of Topliss-reactive ketones (excluding diaryl/α,β-unsaturated/α-hetero) is 1. The molecule has 0 bridgehead atoms. The number of anilines is 2. The number of hydrogen-bond acceptors (Lipinski definition) is 6. The van der Waals surface area contributed by atoms with Crippen LogP contribution in [0.15, 0.2) is 84.1 Å². The molecule has 0 radical (unpaired) electrons. The van der Waals surface area contributed by atoms with Crippen LogP contribution in [-0.2, 0) is 9.59 Å². The highest BCUT2D eigenvalue weighted by atomic mass is 16.5. The van der Waals surface area contributed by atoms with Crippen molar-refractivity contribution in [1.29, 1.82) is 0 Å². The van der Waals surface area contributed by atoms with E-state index in [1.807, 2.05) is 60.7 Å². The molecule has 1 aliphatic heterocycles. The molecule has 2 atom stereocenters. The maximum atomic E-state index is 13.6. The van der Waals surface area contributed by atoms with Gasteiger partial charge in [0.15, 0.2) is 5.78 Å². The number of carbonyl (C=O) groups excluding carboxylic acids is 2. The summed E-state index contributed by atoms with van der Waals surface area (Å²) in [4.78, 5) is 24.9. The molecule has 2 N–H and O–H groups in total. The molecular formula is C28H26N2O4. The van der Waals surface area contributed by atoms with E-state index < -0.39 is 0 Å². The van der Waals surface area contributed by atoms with E-state index in [4.69, 9.17) is 9.47 Å². The summed E-state index contributed by atoms with van der Waals surface area (Å²) in [6.45, 7) is 1.38. The molecular weight excluding hydrogens is 428 g/mol. The first-order chi connectivity index (χ1) is 16.5. The Hall–Kier alpha value is -4.06. The van der Waals surface area contributed by atoms with Crippen LogP contribution in [0.3, 0.4) is 0 Å². The van der Waals surface area contributed by atoms with Gasteiger partial charge in [-0.25, -0.2) is 0 Å². The zero-order valence-electron chi connectivity index (χ0n) is 19.1. The third-order valence-electron chi connectivity index (χ3n) is 6.37. The Morgan fingerprint density at radius 2 is 1.50 bits per heavy atom. The van der Waals surface area contributed by atoms with Gasteiger partial charge in [-0.1, -0.05) is 36.4 Å². The number of esters is 1. The van der Waals surface area contributed by atoms with Crippen LogP contribution in [0.5, 0.6) is 11.5 Å². The van der Waals surface area contributed by atoms with E-state index in [0.29, 0.717) is 12.2 Å². The van der Waals surface area contributed by atoms with Crippen molar-refractivity contribution in [1.82, 2.24) is 0 Å². The van der Waals surface area contributed by atoms with Crippen molar-refractivity contribution >= 4 is 23.1 Å². The molecule has 1 heterocycles. The van der Waals surface area contributed by atoms with Gasteiger partial charge < -0.3 is 20.1 Å². The maximum Gasteiger partial charge on any atom is 0.308 e. The second-order valence-corrected chi connectivity index (χ2v) is 8.60. The number of benzene rings is 3. The van der Waals surface area contributed by atoms with Crippen LogP contribution < -0.4 is 20.1 Å². The largest absolute Gasteiger partial charge is 0.497 e. The zero-order chi connectivity index (χ0) is 23.7. The molecule has 0 aromatic heterocycles. The van der Waals surface area contributed by atoms with E-state index in [2.05, 4.69) is 10.6 Å². The van der Waals surface area contributed by atoms with E-state index in [9.17, 15) is 9.59 Å². The number of rotatable bonds is 4. The number of nitrogens with one attached hydrogen (secondary N) is 2. The minimum absolute atomic E-state index is 0.0851. The summed E-state index contributed by atoms with van der Waals surface area (Å²) in [5.41, 5.74) is 5.61. The number of carbonyl (C=O) groups is 2. The summed E-state index contributed by atoms with van der Waals surface area (Å²) in [5, 5.41) is 7.12. The van der Waals surface area contributed by atoms with Crippen LogP contribution in [0.25, 0.3) is 0 Å². The standard InChI is InChI=1S/C28H26N2O4/c1-17(31)34-22-13-9-19(10-14-22)28-27-25(29-23-5-3-4-6-24(23)30-28)15-20(16-26(27)32)18-7-11-21(33-2)12-8-18/h3-14,20,28-30H,15-16H2,1-2H3/t20-,28-/m1/s1. The van der Waals surface area contributed by atoms with Crippen molar-refractivity contribution in [2.24, 2.45) is 0 Å². The molecule has 0 saturated carbocycles. The van der Waals surface area contributed by atoms with Gasteiger partial charge in [-0.15, -0.1) is 0 Å². The number of ether oxygens (including phenoxy) is 2. The van der Waals surface area contributed by atoms with Gasteiger partial charge in [0.2, 0.25) is 0 Å². The number of allylic oxidation sites excluding steroid dienone is 1. The van der Waals surface area contributed by atoms with E-state index in [1.165, 1.54) is 6.92 Å². The molecule has 0 saturated heterocycles. The van der Waals surface area contributed by atoms with Gasteiger partial charge in [0.05, 0.1) is 24.5 Å². The van der Waals surface area contributed by atoms with Gasteiger partial charge in [-0.3, -0.25) is 9.59 Å². The maximum absolute atomic E-state index is 13.6. The van der Waals surface area contributed by atoms with Crippen LogP contribution in [0, 0.1) is 0 Å². The SMILES string of the molecule is COc1ccc([C@H]2CC(=O)C3=C(C2)Nc2ccccc2N[C@@H]3c2ccc(OC(C)=O)cc2)cc1. The van der Waals surface area contributed by atoms with Gasteiger partial charge >= 0.3 is 5.97 Å². The number of ketones is 1. The smallest absolute Gasteiger partial charge is 0.308 e. The predicted octanol–water partition coefficient (Wildman–Crippen LogP) is 5.60. The number of fused-ring (bicyclic) bond motifs is 1. The van der Waals surface area contributed by atoms with E-state index in [1.54, 1.807) is 19.2 Å². The van der Waals surface area contributed by atoms with Crippen molar-refractivity contribution in [3.63, 3.8) is 0 Å². The fourth-order valence-corrected chi connectivity index (χ4v) is 4.75. The molecule has 0 fully saturated rings. The molecule has 0 unspecified atom stereocenters. The van der Waals surface area contributed by atoms with Crippen molar-refractivity contribution in [3.8, 4) is 11.5 Å². The molecule has 3 aromatic rings.